The monoisotopic (exact) mass is 301 g/mol. The van der Waals surface area contributed by atoms with Gasteiger partial charge in [-0.05, 0) is 65.7 Å². The molecule has 90 valence electrons. The molecule has 1 N–H and O–H groups in total. The van der Waals surface area contributed by atoms with Gasteiger partial charge in [-0.3, -0.25) is 0 Å². The van der Waals surface area contributed by atoms with Crippen LogP contribution in [-0.4, -0.2) is 12.6 Å². The molecule has 0 aliphatic heterocycles. The second-order valence-corrected chi connectivity index (χ2v) is 8.02. The molecule has 0 saturated heterocycles. The molecule has 1 saturated carbocycles. The summed E-state index contributed by atoms with van der Waals surface area (Å²) in [6.07, 6.45) is 3.97. The summed E-state index contributed by atoms with van der Waals surface area (Å²) in [7, 11) is 0. The molecule has 1 nitrogen and oxygen atoms in total. The van der Waals surface area contributed by atoms with Crippen LogP contribution in [0.25, 0.3) is 0 Å². The van der Waals surface area contributed by atoms with Crippen molar-refractivity contribution in [1.82, 2.24) is 5.32 Å². The number of thiophene rings is 1. The van der Waals surface area contributed by atoms with Crippen molar-refractivity contribution in [1.29, 1.82) is 0 Å². The van der Waals surface area contributed by atoms with Crippen LogP contribution in [0.2, 0.25) is 0 Å². The molecule has 2 rings (SSSR count). The number of aryl methyl sites for hydroxylation is 1. The van der Waals surface area contributed by atoms with E-state index < -0.39 is 0 Å². The Morgan fingerprint density at radius 2 is 2.19 bits per heavy atom. The van der Waals surface area contributed by atoms with Crippen LogP contribution in [0.15, 0.2) is 9.85 Å². The Morgan fingerprint density at radius 3 is 2.69 bits per heavy atom. The van der Waals surface area contributed by atoms with Crippen LogP contribution in [0.1, 0.15) is 43.6 Å². The van der Waals surface area contributed by atoms with Gasteiger partial charge in [0, 0.05) is 10.9 Å². The standard InChI is InChI=1S/C13H20BrNS/c1-9-11(8-12(14)16-9)13(2,3)6-7-15-10-4-5-10/h8,10,15H,4-7H2,1-3H3. The molecule has 0 unspecified atom stereocenters. The Labute approximate surface area is 111 Å². The van der Waals surface area contributed by atoms with Crippen molar-refractivity contribution in [3.8, 4) is 0 Å². The third kappa shape index (κ3) is 3.08. The third-order valence-electron chi connectivity index (χ3n) is 3.38. The largest absolute Gasteiger partial charge is 0.314 e. The smallest absolute Gasteiger partial charge is 0.0704 e. The summed E-state index contributed by atoms with van der Waals surface area (Å²) >= 11 is 5.42. The van der Waals surface area contributed by atoms with E-state index in [1.165, 1.54) is 33.5 Å². The molecule has 16 heavy (non-hydrogen) atoms. The zero-order chi connectivity index (χ0) is 11.8. The molecule has 0 aromatic carbocycles. The first-order valence-electron chi connectivity index (χ1n) is 5.99. The Bertz CT molecular complexity index is 366. The molecule has 1 aromatic heterocycles. The number of hydrogen-bond acceptors (Lipinski definition) is 2. The number of rotatable bonds is 5. The van der Waals surface area contributed by atoms with E-state index in [0.717, 1.165) is 12.6 Å². The van der Waals surface area contributed by atoms with Gasteiger partial charge in [-0.1, -0.05) is 13.8 Å². The van der Waals surface area contributed by atoms with Gasteiger partial charge in [0.15, 0.2) is 0 Å². The maximum atomic E-state index is 3.60. The van der Waals surface area contributed by atoms with Crippen LogP contribution in [0.5, 0.6) is 0 Å². The van der Waals surface area contributed by atoms with Crippen molar-refractivity contribution < 1.29 is 0 Å². The lowest BCUT2D eigenvalue weighted by Crippen LogP contribution is -2.26. The predicted molar refractivity (Wildman–Crippen MR) is 75.4 cm³/mol. The van der Waals surface area contributed by atoms with E-state index in [1.54, 1.807) is 0 Å². The Balaban J connectivity index is 1.96. The molecule has 1 aliphatic carbocycles. The molecule has 1 aromatic rings. The fraction of sp³-hybridized carbons (Fsp3) is 0.692. The highest BCUT2D eigenvalue weighted by atomic mass is 79.9. The fourth-order valence-electron chi connectivity index (χ4n) is 2.13. The molecule has 0 bridgehead atoms. The lowest BCUT2D eigenvalue weighted by molar-refractivity contribution is 0.455. The SMILES string of the molecule is Cc1sc(Br)cc1C(C)(C)CCNC1CC1. The van der Waals surface area contributed by atoms with Crippen LogP contribution in [0.4, 0.5) is 0 Å². The van der Waals surface area contributed by atoms with Crippen molar-refractivity contribution in [3.05, 3.63) is 20.3 Å². The molecule has 1 heterocycles. The average Bonchev–Trinajstić information content (AvgIpc) is 2.91. The minimum absolute atomic E-state index is 0.286. The summed E-state index contributed by atoms with van der Waals surface area (Å²) in [5.41, 5.74) is 1.79. The molecule has 0 atom stereocenters. The molecule has 1 fully saturated rings. The second kappa shape index (κ2) is 4.79. The van der Waals surface area contributed by atoms with Gasteiger partial charge < -0.3 is 5.32 Å². The highest BCUT2D eigenvalue weighted by Gasteiger charge is 2.26. The Hall–Kier alpha value is 0.140. The Morgan fingerprint density at radius 1 is 1.50 bits per heavy atom. The fourth-order valence-corrected chi connectivity index (χ4v) is 4.00. The van der Waals surface area contributed by atoms with Crippen LogP contribution < -0.4 is 5.32 Å². The zero-order valence-corrected chi connectivity index (χ0v) is 12.7. The lowest BCUT2D eigenvalue weighted by Gasteiger charge is -2.25. The summed E-state index contributed by atoms with van der Waals surface area (Å²) in [6.45, 7) is 8.07. The molecule has 1 aliphatic rings. The highest BCUT2D eigenvalue weighted by molar-refractivity contribution is 9.11. The van der Waals surface area contributed by atoms with E-state index in [2.05, 4.69) is 48.1 Å². The van der Waals surface area contributed by atoms with E-state index in [-0.39, 0.29) is 5.41 Å². The summed E-state index contributed by atoms with van der Waals surface area (Å²) in [4.78, 5) is 1.45. The molecule has 0 amide bonds. The van der Waals surface area contributed by atoms with Gasteiger partial charge in [0.2, 0.25) is 0 Å². The molecule has 3 heteroatoms. The number of nitrogens with one attached hydrogen (secondary N) is 1. The van der Waals surface area contributed by atoms with Crippen molar-refractivity contribution in [2.45, 2.75) is 51.5 Å². The van der Waals surface area contributed by atoms with Gasteiger partial charge in [-0.25, -0.2) is 0 Å². The third-order valence-corrected chi connectivity index (χ3v) is 4.93. The summed E-state index contributed by atoms with van der Waals surface area (Å²) in [5.74, 6) is 0. The number of hydrogen-bond donors (Lipinski definition) is 1. The van der Waals surface area contributed by atoms with E-state index >= 15 is 0 Å². The maximum Gasteiger partial charge on any atom is 0.0704 e. The van der Waals surface area contributed by atoms with Gasteiger partial charge in [-0.15, -0.1) is 11.3 Å². The normalized spacial score (nSPS) is 16.8. The Kier molecular flexibility index (Phi) is 3.77. The van der Waals surface area contributed by atoms with Crippen molar-refractivity contribution in [3.63, 3.8) is 0 Å². The van der Waals surface area contributed by atoms with Gasteiger partial charge >= 0.3 is 0 Å². The molecule has 0 spiro atoms. The van der Waals surface area contributed by atoms with Crippen molar-refractivity contribution in [2.24, 2.45) is 0 Å². The lowest BCUT2D eigenvalue weighted by atomic mass is 9.82. The summed E-state index contributed by atoms with van der Waals surface area (Å²) in [5, 5.41) is 3.60. The van der Waals surface area contributed by atoms with Gasteiger partial charge in [0.25, 0.3) is 0 Å². The van der Waals surface area contributed by atoms with Gasteiger partial charge in [0.1, 0.15) is 0 Å². The minimum Gasteiger partial charge on any atom is -0.314 e. The minimum atomic E-state index is 0.286. The highest BCUT2D eigenvalue weighted by Crippen LogP contribution is 2.36. The summed E-state index contributed by atoms with van der Waals surface area (Å²) < 4.78 is 1.25. The molecular weight excluding hydrogens is 282 g/mol. The van der Waals surface area contributed by atoms with Gasteiger partial charge in [0.05, 0.1) is 3.79 Å². The zero-order valence-electron chi connectivity index (χ0n) is 10.3. The van der Waals surface area contributed by atoms with Crippen LogP contribution in [0, 0.1) is 6.92 Å². The van der Waals surface area contributed by atoms with Crippen LogP contribution in [-0.2, 0) is 5.41 Å². The first-order chi connectivity index (χ1) is 7.49. The van der Waals surface area contributed by atoms with E-state index in [0.29, 0.717) is 0 Å². The quantitative estimate of drug-likeness (QED) is 0.858. The molecular formula is C13H20BrNS. The topological polar surface area (TPSA) is 12.0 Å². The van der Waals surface area contributed by atoms with E-state index in [1.807, 2.05) is 11.3 Å². The van der Waals surface area contributed by atoms with Crippen LogP contribution in [0.3, 0.4) is 0 Å². The number of halogens is 1. The first kappa shape index (κ1) is 12.6. The van der Waals surface area contributed by atoms with Crippen molar-refractivity contribution in [2.75, 3.05) is 6.54 Å². The van der Waals surface area contributed by atoms with Gasteiger partial charge in [-0.2, -0.15) is 0 Å². The maximum absolute atomic E-state index is 3.60. The van der Waals surface area contributed by atoms with E-state index in [9.17, 15) is 0 Å². The van der Waals surface area contributed by atoms with Crippen molar-refractivity contribution >= 4 is 27.3 Å². The molecule has 0 radical (unpaired) electrons. The summed E-state index contributed by atoms with van der Waals surface area (Å²) in [6, 6.07) is 3.11. The van der Waals surface area contributed by atoms with E-state index in [4.69, 9.17) is 0 Å². The predicted octanol–water partition coefficient (Wildman–Crippen LogP) is 4.24. The average molecular weight is 302 g/mol. The first-order valence-corrected chi connectivity index (χ1v) is 7.60. The van der Waals surface area contributed by atoms with Crippen LogP contribution >= 0.6 is 27.3 Å². The second-order valence-electron chi connectivity index (χ2n) is 5.38.